The van der Waals surface area contributed by atoms with Gasteiger partial charge in [-0.15, -0.1) is 5.10 Å². The van der Waals surface area contributed by atoms with Gasteiger partial charge in [-0.3, -0.25) is 0 Å². The zero-order chi connectivity index (χ0) is 13.0. The first-order chi connectivity index (χ1) is 8.70. The Kier molecular flexibility index (Phi) is 3.99. The summed E-state index contributed by atoms with van der Waals surface area (Å²) < 4.78 is 1.84. The third-order valence-electron chi connectivity index (χ3n) is 2.34. The Bertz CT molecular complexity index is 537. The van der Waals surface area contributed by atoms with Crippen LogP contribution in [-0.4, -0.2) is 26.1 Å². The molecule has 0 radical (unpaired) electrons. The number of benzene rings is 1. The number of aromatic nitrogens is 3. The highest BCUT2D eigenvalue weighted by Gasteiger charge is 2.06. The van der Waals surface area contributed by atoms with Gasteiger partial charge in [0, 0.05) is 11.4 Å². The van der Waals surface area contributed by atoms with Crippen LogP contribution < -0.4 is 0 Å². The molecule has 2 rings (SSSR count). The summed E-state index contributed by atoms with van der Waals surface area (Å²) in [5, 5.41) is 17.7. The van der Waals surface area contributed by atoms with Gasteiger partial charge in [0.05, 0.1) is 11.8 Å². The molecule has 0 spiro atoms. The van der Waals surface area contributed by atoms with Gasteiger partial charge in [0.2, 0.25) is 0 Å². The highest BCUT2D eigenvalue weighted by atomic mass is 32.2. The fourth-order valence-corrected chi connectivity index (χ4v) is 2.33. The van der Waals surface area contributed by atoms with Crippen LogP contribution in [-0.2, 0) is 6.54 Å². The molecule has 0 bridgehead atoms. The zero-order valence-corrected chi connectivity index (χ0v) is 10.7. The van der Waals surface area contributed by atoms with Gasteiger partial charge >= 0.3 is 5.97 Å². The Hall–Kier alpha value is -1.82. The molecule has 1 aromatic heterocycles. The molecule has 0 saturated carbocycles. The minimum atomic E-state index is -0.913. The van der Waals surface area contributed by atoms with E-state index in [1.807, 2.05) is 4.68 Å². The van der Waals surface area contributed by atoms with Gasteiger partial charge in [-0.25, -0.2) is 9.48 Å². The summed E-state index contributed by atoms with van der Waals surface area (Å²) in [4.78, 5) is 11.7. The van der Waals surface area contributed by atoms with Crippen LogP contribution in [0.25, 0.3) is 0 Å². The molecule has 1 aromatic carbocycles. The average Bonchev–Trinajstić information content (AvgIpc) is 2.78. The molecule has 1 heterocycles. The van der Waals surface area contributed by atoms with E-state index in [9.17, 15) is 4.79 Å². The normalized spacial score (nSPS) is 10.5. The number of carboxylic acids is 1. The van der Waals surface area contributed by atoms with Gasteiger partial charge in [-0.2, -0.15) is 0 Å². The molecule has 0 unspecified atom stereocenters. The van der Waals surface area contributed by atoms with Crippen molar-refractivity contribution in [1.82, 2.24) is 15.0 Å². The van der Waals surface area contributed by atoms with Crippen LogP contribution >= 0.6 is 11.8 Å². The van der Waals surface area contributed by atoms with E-state index in [0.29, 0.717) is 5.56 Å². The van der Waals surface area contributed by atoms with Crippen molar-refractivity contribution >= 4 is 17.7 Å². The fraction of sp³-hybridized carbons (Fsp3) is 0.250. The van der Waals surface area contributed by atoms with Crippen molar-refractivity contribution in [1.29, 1.82) is 0 Å². The molecule has 0 saturated heterocycles. The number of hydrogen-bond donors (Lipinski definition) is 1. The van der Waals surface area contributed by atoms with E-state index in [4.69, 9.17) is 5.11 Å². The Morgan fingerprint density at radius 3 is 2.72 bits per heavy atom. The maximum absolute atomic E-state index is 10.7. The summed E-state index contributed by atoms with van der Waals surface area (Å²) in [5.41, 5.74) is 0.291. The van der Waals surface area contributed by atoms with Gasteiger partial charge in [-0.1, -0.05) is 23.9 Å². The van der Waals surface area contributed by atoms with E-state index in [1.165, 1.54) is 11.8 Å². The van der Waals surface area contributed by atoms with Crippen LogP contribution in [0.3, 0.4) is 0 Å². The SMILES string of the molecule is CCCn1nncc1Sc1ccc(C(=O)O)cc1. The maximum atomic E-state index is 10.7. The molecule has 0 amide bonds. The second-order valence-corrected chi connectivity index (χ2v) is 4.82. The number of aryl methyl sites for hydroxylation is 1. The minimum absolute atomic E-state index is 0.291. The number of aromatic carboxylic acids is 1. The highest BCUT2D eigenvalue weighted by molar-refractivity contribution is 7.99. The molecule has 0 aliphatic heterocycles. The molecule has 18 heavy (non-hydrogen) atoms. The largest absolute Gasteiger partial charge is 0.478 e. The lowest BCUT2D eigenvalue weighted by Crippen LogP contribution is -2.00. The first-order valence-corrected chi connectivity index (χ1v) is 6.42. The van der Waals surface area contributed by atoms with Crippen molar-refractivity contribution in [2.75, 3.05) is 0 Å². The summed E-state index contributed by atoms with van der Waals surface area (Å²) in [5.74, 6) is -0.913. The molecule has 2 aromatic rings. The Morgan fingerprint density at radius 1 is 1.39 bits per heavy atom. The second-order valence-electron chi connectivity index (χ2n) is 3.73. The lowest BCUT2D eigenvalue weighted by Gasteiger charge is -2.04. The molecule has 0 fully saturated rings. The highest BCUT2D eigenvalue weighted by Crippen LogP contribution is 2.27. The van der Waals surface area contributed by atoms with Crippen molar-refractivity contribution in [3.8, 4) is 0 Å². The average molecular weight is 263 g/mol. The topological polar surface area (TPSA) is 68.0 Å². The Balaban J connectivity index is 2.13. The zero-order valence-electron chi connectivity index (χ0n) is 9.91. The first-order valence-electron chi connectivity index (χ1n) is 5.60. The number of nitrogens with zero attached hydrogens (tertiary/aromatic N) is 3. The van der Waals surface area contributed by atoms with Gasteiger partial charge in [0.15, 0.2) is 0 Å². The van der Waals surface area contributed by atoms with Gasteiger partial charge in [-0.05, 0) is 30.7 Å². The monoisotopic (exact) mass is 263 g/mol. The quantitative estimate of drug-likeness (QED) is 0.897. The van der Waals surface area contributed by atoms with E-state index in [0.717, 1.165) is 22.9 Å². The predicted molar refractivity (Wildman–Crippen MR) is 67.8 cm³/mol. The maximum Gasteiger partial charge on any atom is 0.335 e. The smallest absolute Gasteiger partial charge is 0.335 e. The van der Waals surface area contributed by atoms with Crippen LogP contribution in [0.2, 0.25) is 0 Å². The summed E-state index contributed by atoms with van der Waals surface area (Å²) >= 11 is 1.53. The van der Waals surface area contributed by atoms with Crippen LogP contribution in [0, 0.1) is 0 Å². The van der Waals surface area contributed by atoms with Crippen molar-refractivity contribution in [3.63, 3.8) is 0 Å². The molecule has 0 atom stereocenters. The van der Waals surface area contributed by atoms with E-state index in [2.05, 4.69) is 17.2 Å². The van der Waals surface area contributed by atoms with Crippen LogP contribution in [0.4, 0.5) is 0 Å². The Labute approximate surface area is 109 Å². The first kappa shape index (κ1) is 12.6. The summed E-state index contributed by atoms with van der Waals surface area (Å²) in [6.07, 6.45) is 2.71. The lowest BCUT2D eigenvalue weighted by atomic mass is 10.2. The molecule has 0 aliphatic carbocycles. The summed E-state index contributed by atoms with van der Waals surface area (Å²) in [7, 11) is 0. The van der Waals surface area contributed by atoms with Crippen LogP contribution in [0.15, 0.2) is 40.4 Å². The van der Waals surface area contributed by atoms with Gasteiger partial charge in [0.1, 0.15) is 5.03 Å². The number of rotatable bonds is 5. The van der Waals surface area contributed by atoms with Crippen LogP contribution in [0.1, 0.15) is 23.7 Å². The van der Waals surface area contributed by atoms with E-state index >= 15 is 0 Å². The third-order valence-corrected chi connectivity index (χ3v) is 3.37. The van der Waals surface area contributed by atoms with Crippen molar-refractivity contribution in [3.05, 3.63) is 36.0 Å². The van der Waals surface area contributed by atoms with E-state index in [1.54, 1.807) is 30.5 Å². The molecule has 94 valence electrons. The number of carboxylic acid groups (broad SMARTS) is 1. The van der Waals surface area contributed by atoms with Crippen LogP contribution in [0.5, 0.6) is 0 Å². The lowest BCUT2D eigenvalue weighted by molar-refractivity contribution is 0.0697. The molecular formula is C12H13N3O2S. The fourth-order valence-electron chi connectivity index (χ4n) is 1.48. The summed E-state index contributed by atoms with van der Waals surface area (Å²) in [6.45, 7) is 2.91. The minimum Gasteiger partial charge on any atom is -0.478 e. The standard InChI is InChI=1S/C12H13N3O2S/c1-2-7-15-11(8-13-14-15)18-10-5-3-9(4-6-10)12(16)17/h3-6,8H,2,7H2,1H3,(H,16,17). The van der Waals surface area contributed by atoms with Crippen molar-refractivity contribution in [2.45, 2.75) is 29.8 Å². The second kappa shape index (κ2) is 5.68. The Morgan fingerprint density at radius 2 is 2.11 bits per heavy atom. The molecular weight excluding hydrogens is 250 g/mol. The van der Waals surface area contributed by atoms with Gasteiger partial charge in [0.25, 0.3) is 0 Å². The molecule has 6 heteroatoms. The van der Waals surface area contributed by atoms with E-state index < -0.39 is 5.97 Å². The van der Waals surface area contributed by atoms with E-state index in [-0.39, 0.29) is 0 Å². The van der Waals surface area contributed by atoms with Crippen molar-refractivity contribution < 1.29 is 9.90 Å². The predicted octanol–water partition coefficient (Wildman–Crippen LogP) is 2.54. The number of carbonyl (C=O) groups is 1. The third kappa shape index (κ3) is 2.89. The van der Waals surface area contributed by atoms with Crippen molar-refractivity contribution in [2.24, 2.45) is 0 Å². The number of hydrogen-bond acceptors (Lipinski definition) is 4. The molecule has 5 nitrogen and oxygen atoms in total. The molecule has 1 N–H and O–H groups in total. The van der Waals surface area contributed by atoms with Gasteiger partial charge < -0.3 is 5.11 Å². The summed E-state index contributed by atoms with van der Waals surface area (Å²) in [6, 6.07) is 6.77. The molecule has 0 aliphatic rings.